The van der Waals surface area contributed by atoms with Gasteiger partial charge in [0.05, 0.1) is 5.56 Å². The fourth-order valence-corrected chi connectivity index (χ4v) is 3.48. The zero-order valence-electron chi connectivity index (χ0n) is 18.0. The van der Waals surface area contributed by atoms with Crippen molar-refractivity contribution in [2.45, 2.75) is 71.4 Å². The summed E-state index contributed by atoms with van der Waals surface area (Å²) in [5.41, 5.74) is 0.0765. The summed E-state index contributed by atoms with van der Waals surface area (Å²) in [5.74, 6) is -1.79. The topological polar surface area (TPSA) is 80.7 Å². The molecule has 1 aromatic carbocycles. The molecule has 178 valence electrons. The van der Waals surface area contributed by atoms with Gasteiger partial charge in [-0.1, -0.05) is 53.7 Å². The third kappa shape index (κ3) is 7.13. The van der Waals surface area contributed by atoms with Crippen molar-refractivity contribution >= 4 is 16.1 Å². The van der Waals surface area contributed by atoms with Crippen LogP contribution in [0.1, 0.15) is 69.8 Å². The Hall–Kier alpha value is -1.75. The summed E-state index contributed by atoms with van der Waals surface area (Å²) in [6.45, 7) is 12.2. The number of ether oxygens (including phenoxy) is 1. The van der Waals surface area contributed by atoms with Gasteiger partial charge in [-0.25, -0.2) is 4.79 Å². The number of carbonyl (C=O) groups is 1. The molecule has 2 unspecified atom stereocenters. The second-order valence-electron chi connectivity index (χ2n) is 9.67. The van der Waals surface area contributed by atoms with Crippen LogP contribution in [0.3, 0.4) is 0 Å². The molecule has 0 amide bonds. The van der Waals surface area contributed by atoms with E-state index in [1.54, 1.807) is 0 Å². The van der Waals surface area contributed by atoms with Crippen LogP contribution in [0.2, 0.25) is 0 Å². The van der Waals surface area contributed by atoms with Crippen LogP contribution in [0.15, 0.2) is 24.3 Å². The van der Waals surface area contributed by atoms with Crippen LogP contribution >= 0.6 is 0 Å². The van der Waals surface area contributed by atoms with E-state index in [-0.39, 0.29) is 16.7 Å². The molecule has 0 aromatic heterocycles. The number of carbonyl (C=O) groups excluding carboxylic acids is 1. The number of alkyl halides is 5. The lowest BCUT2D eigenvalue weighted by molar-refractivity contribution is -0.248. The molecule has 11 heteroatoms. The Morgan fingerprint density at radius 1 is 0.968 bits per heavy atom. The first-order valence-corrected chi connectivity index (χ1v) is 10.7. The number of hydrogen-bond acceptors (Lipinski definition) is 4. The van der Waals surface area contributed by atoms with E-state index in [4.69, 9.17) is 4.55 Å². The third-order valence-corrected chi connectivity index (χ3v) is 5.48. The van der Waals surface area contributed by atoms with Gasteiger partial charge >= 0.3 is 27.5 Å². The first kappa shape index (κ1) is 27.3. The highest BCUT2D eigenvalue weighted by atomic mass is 32.2. The molecule has 2 atom stereocenters. The number of halogens is 5. The Balaban J connectivity index is 3.23. The van der Waals surface area contributed by atoms with Crippen LogP contribution in [0.4, 0.5) is 22.0 Å². The molecule has 0 saturated carbocycles. The molecule has 0 spiro atoms. The standard InChI is InChI=1S/C20H27F5O5S/c1-17(2,3)11-14(18(4,5)6)12-7-9-13(10-8-12)15(26)30-16(19(21,22)23)20(24,25)31(27,28)29/h7-10,14,16H,11H2,1-6H3,(H,27,28,29). The zero-order valence-corrected chi connectivity index (χ0v) is 18.9. The number of hydrogen-bond donors (Lipinski definition) is 1. The minimum atomic E-state index is -6.49. The number of rotatable bonds is 6. The summed E-state index contributed by atoms with van der Waals surface area (Å²) in [7, 11) is -6.49. The highest BCUT2D eigenvalue weighted by molar-refractivity contribution is 7.86. The molecule has 0 bridgehead atoms. The van der Waals surface area contributed by atoms with Gasteiger partial charge in [0.2, 0.25) is 0 Å². The Labute approximate surface area is 178 Å². The van der Waals surface area contributed by atoms with Gasteiger partial charge in [-0.3, -0.25) is 4.55 Å². The lowest BCUT2D eigenvalue weighted by atomic mass is 9.69. The van der Waals surface area contributed by atoms with Gasteiger partial charge in [0.15, 0.2) is 0 Å². The molecule has 0 aliphatic heterocycles. The fraction of sp³-hybridized carbons (Fsp3) is 0.650. The predicted octanol–water partition coefficient (Wildman–Crippen LogP) is 5.82. The molecule has 31 heavy (non-hydrogen) atoms. The van der Waals surface area contributed by atoms with Crippen LogP contribution in [-0.4, -0.2) is 36.5 Å². The van der Waals surface area contributed by atoms with Gasteiger partial charge in [-0.05, 0) is 40.9 Å². The second-order valence-corrected chi connectivity index (χ2v) is 11.2. The van der Waals surface area contributed by atoms with Crippen molar-refractivity contribution in [2.75, 3.05) is 0 Å². The van der Waals surface area contributed by atoms with Gasteiger partial charge in [0, 0.05) is 0 Å². The molecule has 0 fully saturated rings. The number of esters is 1. The van der Waals surface area contributed by atoms with E-state index >= 15 is 0 Å². The smallest absolute Gasteiger partial charge is 0.432 e. The minimum Gasteiger partial charge on any atom is -0.441 e. The zero-order chi connectivity index (χ0) is 24.6. The maximum absolute atomic E-state index is 13.6. The van der Waals surface area contributed by atoms with Crippen molar-refractivity contribution in [3.05, 3.63) is 35.4 Å². The van der Waals surface area contributed by atoms with Crippen molar-refractivity contribution in [3.63, 3.8) is 0 Å². The van der Waals surface area contributed by atoms with Crippen LogP contribution in [-0.2, 0) is 14.9 Å². The summed E-state index contributed by atoms with van der Waals surface area (Å²) in [5, 5.41) is -5.77. The molecule has 0 aliphatic rings. The summed E-state index contributed by atoms with van der Waals surface area (Å²) >= 11 is 0. The highest BCUT2D eigenvalue weighted by Crippen LogP contribution is 2.43. The second kappa shape index (κ2) is 8.65. The molecule has 0 saturated heterocycles. The van der Waals surface area contributed by atoms with E-state index in [1.165, 1.54) is 12.1 Å². The van der Waals surface area contributed by atoms with Gasteiger partial charge in [-0.15, -0.1) is 0 Å². The average Bonchev–Trinajstić information content (AvgIpc) is 2.53. The van der Waals surface area contributed by atoms with Crippen molar-refractivity contribution in [3.8, 4) is 0 Å². The normalized spacial score (nSPS) is 16.0. The summed E-state index contributed by atoms with van der Waals surface area (Å²) in [6.07, 6.45) is -9.55. The van der Waals surface area contributed by atoms with Crippen LogP contribution in [0.25, 0.3) is 0 Å². The molecule has 1 N–H and O–H groups in total. The Kier molecular flexibility index (Phi) is 7.61. The van der Waals surface area contributed by atoms with E-state index in [9.17, 15) is 35.2 Å². The molecular weight excluding hydrogens is 447 g/mol. The fourth-order valence-electron chi connectivity index (χ4n) is 3.02. The van der Waals surface area contributed by atoms with Gasteiger partial charge in [0.1, 0.15) is 0 Å². The van der Waals surface area contributed by atoms with Gasteiger partial charge in [0.25, 0.3) is 6.10 Å². The molecule has 0 heterocycles. The van der Waals surface area contributed by atoms with E-state index in [0.29, 0.717) is 0 Å². The van der Waals surface area contributed by atoms with E-state index in [2.05, 4.69) is 4.74 Å². The SMILES string of the molecule is CC(C)(C)CC(c1ccc(C(=O)OC(C(F)(F)F)C(F)(F)S(=O)(=O)O)cc1)C(C)(C)C. The average molecular weight is 474 g/mol. The van der Waals surface area contributed by atoms with Crippen molar-refractivity contribution in [1.29, 1.82) is 0 Å². The quantitative estimate of drug-likeness (QED) is 0.319. The van der Waals surface area contributed by atoms with Gasteiger partial charge in [-0.2, -0.15) is 30.4 Å². The van der Waals surface area contributed by atoms with Crippen molar-refractivity contribution in [1.82, 2.24) is 0 Å². The van der Waals surface area contributed by atoms with Gasteiger partial charge < -0.3 is 4.74 Å². The van der Waals surface area contributed by atoms with E-state index in [1.807, 2.05) is 41.5 Å². The van der Waals surface area contributed by atoms with Crippen LogP contribution in [0.5, 0.6) is 0 Å². The van der Waals surface area contributed by atoms with E-state index in [0.717, 1.165) is 24.1 Å². The molecule has 1 aromatic rings. The number of benzene rings is 1. The summed E-state index contributed by atoms with van der Waals surface area (Å²) in [6, 6.07) is 5.22. The maximum atomic E-state index is 13.6. The summed E-state index contributed by atoms with van der Waals surface area (Å²) < 4.78 is 99.7. The first-order chi connectivity index (χ1) is 13.6. The largest absolute Gasteiger partial charge is 0.441 e. The monoisotopic (exact) mass is 474 g/mol. The lowest BCUT2D eigenvalue weighted by Gasteiger charge is -2.36. The maximum Gasteiger partial charge on any atom is 0.432 e. The van der Waals surface area contributed by atoms with Crippen LogP contribution < -0.4 is 0 Å². The predicted molar refractivity (Wildman–Crippen MR) is 104 cm³/mol. The molecular formula is C20H27F5O5S. The molecule has 0 aliphatic carbocycles. The molecule has 0 radical (unpaired) electrons. The Morgan fingerprint density at radius 2 is 1.42 bits per heavy atom. The Morgan fingerprint density at radius 3 is 1.74 bits per heavy atom. The third-order valence-electron chi connectivity index (χ3n) is 4.58. The lowest BCUT2D eigenvalue weighted by Crippen LogP contribution is -2.52. The minimum absolute atomic E-state index is 0.0179. The summed E-state index contributed by atoms with van der Waals surface area (Å²) in [4.78, 5) is 12.1. The van der Waals surface area contributed by atoms with Crippen molar-refractivity contribution < 1.29 is 44.5 Å². The van der Waals surface area contributed by atoms with Crippen molar-refractivity contribution in [2.24, 2.45) is 10.8 Å². The van der Waals surface area contributed by atoms with Crippen LogP contribution in [0, 0.1) is 10.8 Å². The van der Waals surface area contributed by atoms with E-state index < -0.39 is 39.2 Å². The molecule has 1 rings (SSSR count). The highest BCUT2D eigenvalue weighted by Gasteiger charge is 2.66. The Bertz CT molecular complexity index is 879. The molecule has 5 nitrogen and oxygen atoms in total. The first-order valence-electron chi connectivity index (χ1n) is 9.30.